The van der Waals surface area contributed by atoms with E-state index in [1.165, 1.54) is 4.88 Å². The van der Waals surface area contributed by atoms with Crippen LogP contribution in [0.15, 0.2) is 6.07 Å². The monoisotopic (exact) mass is 306 g/mol. The van der Waals surface area contributed by atoms with E-state index >= 15 is 0 Å². The van der Waals surface area contributed by atoms with Crippen molar-refractivity contribution in [1.82, 2.24) is 4.90 Å². The molecule has 1 saturated heterocycles. The Morgan fingerprint density at radius 2 is 1.95 bits per heavy atom. The summed E-state index contributed by atoms with van der Waals surface area (Å²) in [5.41, 5.74) is 0.980. The first-order valence-corrected chi connectivity index (χ1v) is 8.37. The second-order valence-electron chi connectivity index (χ2n) is 5.84. The number of carbonyl (C=O) groups excluding carboxylic acids is 2. The van der Waals surface area contributed by atoms with Crippen LogP contribution in [0.2, 0.25) is 0 Å². The summed E-state index contributed by atoms with van der Waals surface area (Å²) < 4.78 is 5.29. The Bertz CT molecular complexity index is 588. The summed E-state index contributed by atoms with van der Waals surface area (Å²) in [7, 11) is 0. The highest BCUT2D eigenvalue weighted by Gasteiger charge is 2.37. The molecule has 0 unspecified atom stereocenters. The fourth-order valence-electron chi connectivity index (χ4n) is 2.97. The first kappa shape index (κ1) is 13.3. The highest BCUT2D eigenvalue weighted by molar-refractivity contribution is 7.14. The van der Waals surface area contributed by atoms with Gasteiger partial charge in [0.25, 0.3) is 5.91 Å². The Kier molecular flexibility index (Phi) is 3.23. The van der Waals surface area contributed by atoms with Gasteiger partial charge in [0.15, 0.2) is 0 Å². The first-order chi connectivity index (χ1) is 10.2. The van der Waals surface area contributed by atoms with Gasteiger partial charge < -0.3 is 14.5 Å². The van der Waals surface area contributed by atoms with Gasteiger partial charge in [-0.05, 0) is 18.9 Å². The van der Waals surface area contributed by atoms with Crippen molar-refractivity contribution in [3.8, 4) is 0 Å². The van der Waals surface area contributed by atoms with Gasteiger partial charge in [-0.25, -0.2) is 0 Å². The molecule has 6 heteroatoms. The number of carbonyl (C=O) groups is 2. The summed E-state index contributed by atoms with van der Waals surface area (Å²) >= 11 is 1.55. The van der Waals surface area contributed by atoms with E-state index in [1.807, 2.05) is 15.9 Å². The number of rotatable bonds is 2. The Balaban J connectivity index is 1.54. The number of fused-ring (bicyclic) bond motifs is 1. The molecule has 0 atom stereocenters. The van der Waals surface area contributed by atoms with E-state index < -0.39 is 0 Å². The van der Waals surface area contributed by atoms with Gasteiger partial charge in [-0.15, -0.1) is 11.3 Å². The minimum absolute atomic E-state index is 0.0801. The zero-order valence-electron chi connectivity index (χ0n) is 11.8. The van der Waals surface area contributed by atoms with Crippen LogP contribution in [0.3, 0.4) is 0 Å². The number of nitrogens with zero attached hydrogens (tertiary/aromatic N) is 2. The molecule has 0 spiro atoms. The van der Waals surface area contributed by atoms with Crippen LogP contribution >= 0.6 is 11.3 Å². The van der Waals surface area contributed by atoms with Gasteiger partial charge in [0, 0.05) is 36.9 Å². The van der Waals surface area contributed by atoms with E-state index in [1.54, 1.807) is 11.3 Å². The maximum absolute atomic E-state index is 12.5. The predicted molar refractivity (Wildman–Crippen MR) is 79.8 cm³/mol. The Hall–Kier alpha value is -1.40. The maximum atomic E-state index is 12.5. The molecule has 2 amide bonds. The van der Waals surface area contributed by atoms with Gasteiger partial charge in [-0.3, -0.25) is 9.59 Å². The summed E-state index contributed by atoms with van der Waals surface area (Å²) in [6.45, 7) is 3.33. The average Bonchev–Trinajstić information content (AvgIpc) is 3.17. The molecule has 112 valence electrons. The highest BCUT2D eigenvalue weighted by atomic mass is 32.1. The van der Waals surface area contributed by atoms with Crippen LogP contribution in [-0.2, 0) is 16.0 Å². The van der Waals surface area contributed by atoms with Crippen LogP contribution in [0, 0.1) is 5.92 Å². The van der Waals surface area contributed by atoms with Crippen molar-refractivity contribution in [3.63, 3.8) is 0 Å². The fraction of sp³-hybridized carbons (Fsp3) is 0.600. The summed E-state index contributed by atoms with van der Waals surface area (Å²) in [6, 6.07) is 1.92. The number of morpholine rings is 1. The number of ether oxygens (including phenoxy) is 1. The molecule has 2 aliphatic heterocycles. The van der Waals surface area contributed by atoms with Gasteiger partial charge in [-0.2, -0.15) is 0 Å². The Morgan fingerprint density at radius 1 is 1.19 bits per heavy atom. The number of hydrogen-bond acceptors (Lipinski definition) is 4. The van der Waals surface area contributed by atoms with Crippen molar-refractivity contribution in [3.05, 3.63) is 15.8 Å². The van der Waals surface area contributed by atoms with Crippen LogP contribution in [-0.4, -0.2) is 49.6 Å². The van der Waals surface area contributed by atoms with Gasteiger partial charge in [-0.1, -0.05) is 0 Å². The second kappa shape index (κ2) is 5.10. The standard InChI is InChI=1S/C15H18N2O3S/c18-14(10-1-2-10)17-4-3-12-11(17)9-13(21-12)15(19)16-5-7-20-8-6-16/h9-10H,1-8H2. The molecule has 3 aliphatic rings. The molecular weight excluding hydrogens is 288 g/mol. The molecular formula is C15H18N2O3S. The van der Waals surface area contributed by atoms with Crippen LogP contribution in [0.4, 0.5) is 5.69 Å². The molecule has 1 saturated carbocycles. The summed E-state index contributed by atoms with van der Waals surface area (Å²) in [5.74, 6) is 0.558. The molecule has 4 rings (SSSR count). The third kappa shape index (κ3) is 2.36. The minimum Gasteiger partial charge on any atom is -0.378 e. The quantitative estimate of drug-likeness (QED) is 0.832. The zero-order valence-corrected chi connectivity index (χ0v) is 12.7. The molecule has 21 heavy (non-hydrogen) atoms. The molecule has 0 bridgehead atoms. The third-order valence-electron chi connectivity index (χ3n) is 4.34. The largest absolute Gasteiger partial charge is 0.378 e. The number of anilines is 1. The predicted octanol–water partition coefficient (Wildman–Crippen LogP) is 1.52. The molecule has 5 nitrogen and oxygen atoms in total. The topological polar surface area (TPSA) is 49.9 Å². The Morgan fingerprint density at radius 3 is 2.67 bits per heavy atom. The van der Waals surface area contributed by atoms with Crippen LogP contribution in [0.25, 0.3) is 0 Å². The van der Waals surface area contributed by atoms with Crippen molar-refractivity contribution in [2.75, 3.05) is 37.7 Å². The molecule has 0 N–H and O–H groups in total. The van der Waals surface area contributed by atoms with E-state index in [0.717, 1.165) is 36.4 Å². The van der Waals surface area contributed by atoms with E-state index in [9.17, 15) is 9.59 Å². The van der Waals surface area contributed by atoms with Crippen molar-refractivity contribution < 1.29 is 14.3 Å². The minimum atomic E-state index is 0.0801. The van der Waals surface area contributed by atoms with E-state index in [-0.39, 0.29) is 17.7 Å². The normalized spacial score (nSPS) is 21.5. The smallest absolute Gasteiger partial charge is 0.264 e. The summed E-state index contributed by atoms with van der Waals surface area (Å²) in [6.07, 6.45) is 2.93. The lowest BCUT2D eigenvalue weighted by Crippen LogP contribution is -2.40. The second-order valence-corrected chi connectivity index (χ2v) is 6.97. The van der Waals surface area contributed by atoms with Crippen LogP contribution in [0.1, 0.15) is 27.4 Å². The third-order valence-corrected chi connectivity index (χ3v) is 5.51. The van der Waals surface area contributed by atoms with Crippen molar-refractivity contribution in [2.45, 2.75) is 19.3 Å². The lowest BCUT2D eigenvalue weighted by molar-refractivity contribution is -0.119. The first-order valence-electron chi connectivity index (χ1n) is 7.55. The van der Waals surface area contributed by atoms with E-state index in [2.05, 4.69) is 0 Å². The molecule has 1 aromatic heterocycles. The lowest BCUT2D eigenvalue weighted by atomic mass is 10.3. The van der Waals surface area contributed by atoms with E-state index in [4.69, 9.17) is 4.74 Å². The van der Waals surface area contributed by atoms with Crippen LogP contribution < -0.4 is 4.90 Å². The summed E-state index contributed by atoms with van der Waals surface area (Å²) in [4.78, 5) is 30.4. The molecule has 2 fully saturated rings. The van der Waals surface area contributed by atoms with Crippen molar-refractivity contribution in [1.29, 1.82) is 0 Å². The van der Waals surface area contributed by atoms with Gasteiger partial charge in [0.05, 0.1) is 23.8 Å². The SMILES string of the molecule is O=C(c1cc2c(s1)CCN2C(=O)C1CC1)N1CCOCC1. The zero-order chi connectivity index (χ0) is 14.4. The summed E-state index contributed by atoms with van der Waals surface area (Å²) in [5, 5.41) is 0. The van der Waals surface area contributed by atoms with Gasteiger partial charge >= 0.3 is 0 Å². The molecule has 1 aromatic rings. The number of hydrogen-bond donors (Lipinski definition) is 0. The highest BCUT2D eigenvalue weighted by Crippen LogP contribution is 2.40. The number of amides is 2. The maximum Gasteiger partial charge on any atom is 0.264 e. The Labute approximate surface area is 127 Å². The van der Waals surface area contributed by atoms with Crippen molar-refractivity contribution in [2.24, 2.45) is 5.92 Å². The van der Waals surface area contributed by atoms with Gasteiger partial charge in [0.2, 0.25) is 5.91 Å². The van der Waals surface area contributed by atoms with Crippen molar-refractivity contribution >= 4 is 28.8 Å². The lowest BCUT2D eigenvalue weighted by Gasteiger charge is -2.26. The van der Waals surface area contributed by atoms with E-state index in [0.29, 0.717) is 26.3 Å². The molecule has 1 aliphatic carbocycles. The average molecular weight is 306 g/mol. The fourth-order valence-corrected chi connectivity index (χ4v) is 4.09. The molecule has 0 aromatic carbocycles. The van der Waals surface area contributed by atoms with Gasteiger partial charge in [0.1, 0.15) is 0 Å². The van der Waals surface area contributed by atoms with Crippen LogP contribution in [0.5, 0.6) is 0 Å². The molecule has 3 heterocycles. The molecule has 0 radical (unpaired) electrons. The number of thiophene rings is 1.